The van der Waals surface area contributed by atoms with Crippen LogP contribution in [-0.2, 0) is 0 Å². The molecule has 0 atom stereocenters. The van der Waals surface area contributed by atoms with E-state index >= 15 is 0 Å². The number of benzene rings is 1. The summed E-state index contributed by atoms with van der Waals surface area (Å²) >= 11 is 0. The summed E-state index contributed by atoms with van der Waals surface area (Å²) in [6, 6.07) is 8.53. The van der Waals surface area contributed by atoms with Crippen molar-refractivity contribution in [2.75, 3.05) is 0 Å². The molecule has 0 aromatic heterocycles. The molecule has 0 spiro atoms. The lowest BCUT2D eigenvalue weighted by Gasteiger charge is -1.88. The third-order valence-electron chi connectivity index (χ3n) is 1.04. The van der Waals surface area contributed by atoms with Crippen molar-refractivity contribution in [2.45, 2.75) is 0 Å². The largest absolute Gasteiger partial charge is 0.269 e. The Balaban J connectivity index is 0.000000810. The van der Waals surface area contributed by atoms with Gasteiger partial charge in [-0.2, -0.15) is 0 Å². The van der Waals surface area contributed by atoms with Crippen molar-refractivity contribution in [3.8, 4) is 0 Å². The van der Waals surface area contributed by atoms with Gasteiger partial charge in [-0.3, -0.25) is 10.5 Å². The van der Waals surface area contributed by atoms with Crippen LogP contribution in [0.4, 0.5) is 0 Å². The SMILES string of the molecule is Cl.[NH]C(=O)c1ccccc1. The number of hydrogen-bond donors (Lipinski definition) is 0. The number of carbonyl (C=O) groups excluding carboxylic acids is 1. The predicted molar refractivity (Wildman–Crippen MR) is 41.1 cm³/mol. The minimum atomic E-state index is -0.629. The van der Waals surface area contributed by atoms with Gasteiger partial charge < -0.3 is 0 Å². The van der Waals surface area contributed by atoms with Crippen LogP contribution in [0.15, 0.2) is 30.3 Å². The first-order valence-corrected chi connectivity index (χ1v) is 2.61. The zero-order valence-corrected chi connectivity index (χ0v) is 6.02. The summed E-state index contributed by atoms with van der Waals surface area (Å²) in [4.78, 5) is 10.3. The molecule has 1 radical (unpaired) electrons. The average molecular weight is 157 g/mol. The van der Waals surface area contributed by atoms with Crippen molar-refractivity contribution in [3.05, 3.63) is 35.9 Å². The molecule has 10 heavy (non-hydrogen) atoms. The number of nitrogens with one attached hydrogen (secondary N) is 1. The normalized spacial score (nSPS) is 8.00. The Morgan fingerprint density at radius 3 is 2.00 bits per heavy atom. The fraction of sp³-hybridized carbons (Fsp3) is 0. The van der Waals surface area contributed by atoms with E-state index in [4.69, 9.17) is 5.73 Å². The van der Waals surface area contributed by atoms with Crippen LogP contribution < -0.4 is 5.73 Å². The second-order valence-electron chi connectivity index (χ2n) is 1.70. The minimum absolute atomic E-state index is 0. The van der Waals surface area contributed by atoms with E-state index in [1.54, 1.807) is 24.3 Å². The van der Waals surface area contributed by atoms with Crippen LogP contribution in [0.1, 0.15) is 10.4 Å². The molecule has 2 nitrogen and oxygen atoms in total. The maximum Gasteiger partial charge on any atom is 0.269 e. The molecule has 0 saturated carbocycles. The molecule has 0 fully saturated rings. The summed E-state index contributed by atoms with van der Waals surface area (Å²) in [5, 5.41) is 0. The van der Waals surface area contributed by atoms with Gasteiger partial charge in [-0.05, 0) is 12.1 Å². The van der Waals surface area contributed by atoms with Gasteiger partial charge in [0.25, 0.3) is 5.91 Å². The molecule has 0 saturated heterocycles. The van der Waals surface area contributed by atoms with E-state index < -0.39 is 5.91 Å². The van der Waals surface area contributed by atoms with Crippen LogP contribution in [0.25, 0.3) is 0 Å². The van der Waals surface area contributed by atoms with Crippen molar-refractivity contribution in [3.63, 3.8) is 0 Å². The molecular weight excluding hydrogens is 150 g/mol. The molecule has 1 aromatic carbocycles. The van der Waals surface area contributed by atoms with Crippen molar-refractivity contribution < 1.29 is 4.79 Å². The Bertz CT molecular complexity index is 210. The maximum absolute atomic E-state index is 10.3. The molecule has 0 aliphatic heterocycles. The van der Waals surface area contributed by atoms with E-state index in [9.17, 15) is 4.79 Å². The van der Waals surface area contributed by atoms with Crippen LogP contribution in [0.5, 0.6) is 0 Å². The van der Waals surface area contributed by atoms with Gasteiger partial charge in [0, 0.05) is 5.56 Å². The molecule has 53 valence electrons. The fourth-order valence-corrected chi connectivity index (χ4v) is 0.590. The molecule has 0 aliphatic carbocycles. The van der Waals surface area contributed by atoms with E-state index in [1.807, 2.05) is 6.07 Å². The monoisotopic (exact) mass is 156 g/mol. The van der Waals surface area contributed by atoms with Crippen molar-refractivity contribution in [2.24, 2.45) is 0 Å². The highest BCUT2D eigenvalue weighted by Gasteiger charge is 1.95. The van der Waals surface area contributed by atoms with E-state index in [2.05, 4.69) is 0 Å². The highest BCUT2D eigenvalue weighted by Crippen LogP contribution is 1.95. The first kappa shape index (κ1) is 8.98. The molecular formula is C7H7ClNO. The zero-order valence-electron chi connectivity index (χ0n) is 5.20. The predicted octanol–water partition coefficient (Wildman–Crippen LogP) is 1.53. The molecule has 1 aromatic rings. The number of hydrogen-bond acceptors (Lipinski definition) is 1. The molecule has 1 amide bonds. The van der Waals surface area contributed by atoms with Gasteiger partial charge in [0.2, 0.25) is 0 Å². The Morgan fingerprint density at radius 1 is 1.20 bits per heavy atom. The van der Waals surface area contributed by atoms with Gasteiger partial charge in [0.05, 0.1) is 0 Å². The van der Waals surface area contributed by atoms with Crippen LogP contribution in [0.2, 0.25) is 0 Å². The standard InChI is InChI=1S/C7H6NO.ClH/c8-7(9)6-4-2-1-3-5-6;/h1-5,8H;1H. The third kappa shape index (κ3) is 2.07. The number of halogens is 1. The van der Waals surface area contributed by atoms with E-state index in [0.29, 0.717) is 5.56 Å². The quantitative estimate of drug-likeness (QED) is 0.608. The molecule has 1 N–H and O–H groups in total. The Labute approximate surface area is 65.5 Å². The fourth-order valence-electron chi connectivity index (χ4n) is 0.590. The lowest BCUT2D eigenvalue weighted by molar-refractivity contribution is 0.0992. The number of rotatable bonds is 1. The van der Waals surface area contributed by atoms with Gasteiger partial charge in [-0.1, -0.05) is 18.2 Å². The molecule has 3 heteroatoms. The van der Waals surface area contributed by atoms with Gasteiger partial charge in [0.15, 0.2) is 0 Å². The average Bonchev–Trinajstić information content (AvgIpc) is 1.90. The minimum Gasteiger partial charge on any atom is -0.267 e. The Morgan fingerprint density at radius 2 is 1.70 bits per heavy atom. The topological polar surface area (TPSA) is 40.9 Å². The second-order valence-corrected chi connectivity index (χ2v) is 1.70. The molecule has 0 heterocycles. The molecule has 0 bridgehead atoms. The van der Waals surface area contributed by atoms with Gasteiger partial charge in [-0.15, -0.1) is 12.4 Å². The van der Waals surface area contributed by atoms with E-state index in [1.165, 1.54) is 0 Å². The molecule has 1 rings (SSSR count). The lowest BCUT2D eigenvalue weighted by atomic mass is 10.2. The maximum atomic E-state index is 10.3. The summed E-state index contributed by atoms with van der Waals surface area (Å²) < 4.78 is 0. The lowest BCUT2D eigenvalue weighted by Crippen LogP contribution is -1.96. The van der Waals surface area contributed by atoms with Gasteiger partial charge >= 0.3 is 0 Å². The van der Waals surface area contributed by atoms with Crippen LogP contribution in [-0.4, -0.2) is 5.91 Å². The number of carbonyl (C=O) groups is 1. The Hall–Kier alpha value is -1.02. The van der Waals surface area contributed by atoms with Crippen molar-refractivity contribution in [1.82, 2.24) is 5.73 Å². The smallest absolute Gasteiger partial charge is 0.267 e. The zero-order chi connectivity index (χ0) is 6.69. The highest BCUT2D eigenvalue weighted by molar-refractivity contribution is 5.91. The summed E-state index contributed by atoms with van der Waals surface area (Å²) in [6.45, 7) is 0. The summed E-state index contributed by atoms with van der Waals surface area (Å²) in [7, 11) is 0. The summed E-state index contributed by atoms with van der Waals surface area (Å²) in [6.07, 6.45) is 0. The molecule has 0 unspecified atom stereocenters. The van der Waals surface area contributed by atoms with Crippen LogP contribution in [0.3, 0.4) is 0 Å². The summed E-state index contributed by atoms with van der Waals surface area (Å²) in [5.74, 6) is -0.629. The van der Waals surface area contributed by atoms with Crippen molar-refractivity contribution >= 4 is 18.3 Å². The molecule has 0 aliphatic rings. The first-order valence-electron chi connectivity index (χ1n) is 2.61. The van der Waals surface area contributed by atoms with Crippen molar-refractivity contribution in [1.29, 1.82) is 0 Å². The van der Waals surface area contributed by atoms with Gasteiger partial charge in [-0.25, -0.2) is 0 Å². The van der Waals surface area contributed by atoms with Crippen LogP contribution in [0, 0.1) is 0 Å². The second kappa shape index (κ2) is 3.90. The summed E-state index contributed by atoms with van der Waals surface area (Å²) in [5.41, 5.74) is 7.12. The number of amides is 1. The van der Waals surface area contributed by atoms with Crippen LogP contribution >= 0.6 is 12.4 Å². The van der Waals surface area contributed by atoms with E-state index in [-0.39, 0.29) is 12.4 Å². The Kier molecular flexibility index (Phi) is 3.51. The highest BCUT2D eigenvalue weighted by atomic mass is 35.5. The van der Waals surface area contributed by atoms with Gasteiger partial charge in [0.1, 0.15) is 0 Å². The van der Waals surface area contributed by atoms with E-state index in [0.717, 1.165) is 0 Å². The third-order valence-corrected chi connectivity index (χ3v) is 1.04. The first-order chi connectivity index (χ1) is 4.30.